The average molecular weight is 356 g/mol. The van der Waals surface area contributed by atoms with Gasteiger partial charge in [0.25, 0.3) is 0 Å². The highest BCUT2D eigenvalue weighted by molar-refractivity contribution is 6.37. The molecule has 0 amide bonds. The zero-order chi connectivity index (χ0) is 19.2. The molecule has 0 radical (unpaired) electrons. The summed E-state index contributed by atoms with van der Waals surface area (Å²) in [6.07, 6.45) is 0.479. The Morgan fingerprint density at radius 1 is 0.885 bits per heavy atom. The quantitative estimate of drug-likeness (QED) is 0.783. The SMILES string of the molecule is CCCC(=O)C1C(=O)c2cc3c(cc2C1=O)C(=O)C(C(O)CCC)C3=O. The van der Waals surface area contributed by atoms with Gasteiger partial charge in [0.05, 0.1) is 6.10 Å². The molecule has 0 fully saturated rings. The fraction of sp³-hybridized carbons (Fsp3) is 0.450. The van der Waals surface area contributed by atoms with Crippen LogP contribution < -0.4 is 0 Å². The second kappa shape index (κ2) is 6.68. The molecule has 2 aliphatic carbocycles. The van der Waals surface area contributed by atoms with Crippen molar-refractivity contribution >= 4 is 28.9 Å². The minimum absolute atomic E-state index is 0.0231. The summed E-state index contributed by atoms with van der Waals surface area (Å²) < 4.78 is 0. The number of hydrogen-bond acceptors (Lipinski definition) is 6. The van der Waals surface area contributed by atoms with Crippen LogP contribution in [0.25, 0.3) is 0 Å². The molecule has 136 valence electrons. The lowest BCUT2D eigenvalue weighted by Crippen LogP contribution is -2.29. The van der Waals surface area contributed by atoms with E-state index in [4.69, 9.17) is 0 Å². The van der Waals surface area contributed by atoms with E-state index in [-0.39, 0.29) is 28.7 Å². The fourth-order valence-corrected chi connectivity index (χ4v) is 3.79. The first-order valence-corrected chi connectivity index (χ1v) is 8.89. The van der Waals surface area contributed by atoms with E-state index in [2.05, 4.69) is 0 Å². The number of ketones is 5. The molecule has 0 aromatic heterocycles. The van der Waals surface area contributed by atoms with Gasteiger partial charge in [-0.3, -0.25) is 24.0 Å². The van der Waals surface area contributed by atoms with Crippen LogP contribution in [0.1, 0.15) is 81.0 Å². The second-order valence-corrected chi connectivity index (χ2v) is 6.88. The van der Waals surface area contributed by atoms with Gasteiger partial charge in [-0.15, -0.1) is 0 Å². The average Bonchev–Trinajstić information content (AvgIpc) is 2.98. The van der Waals surface area contributed by atoms with E-state index < -0.39 is 46.9 Å². The maximum atomic E-state index is 12.6. The molecule has 0 aliphatic heterocycles. The number of aliphatic hydroxyl groups is 1. The van der Waals surface area contributed by atoms with Crippen LogP contribution in [0.3, 0.4) is 0 Å². The molecule has 0 saturated carbocycles. The predicted octanol–water partition coefficient (Wildman–Crippen LogP) is 2.21. The van der Waals surface area contributed by atoms with Crippen LogP contribution in [0.5, 0.6) is 0 Å². The van der Waals surface area contributed by atoms with Crippen molar-refractivity contribution in [3.8, 4) is 0 Å². The van der Waals surface area contributed by atoms with Crippen molar-refractivity contribution in [3.63, 3.8) is 0 Å². The first-order valence-electron chi connectivity index (χ1n) is 8.89. The topological polar surface area (TPSA) is 106 Å². The first kappa shape index (κ1) is 18.3. The molecular weight excluding hydrogens is 336 g/mol. The third-order valence-corrected chi connectivity index (χ3v) is 5.10. The summed E-state index contributed by atoms with van der Waals surface area (Å²) in [5.74, 6) is -5.26. The third-order valence-electron chi connectivity index (χ3n) is 5.10. The van der Waals surface area contributed by atoms with Gasteiger partial charge in [-0.25, -0.2) is 0 Å². The van der Waals surface area contributed by atoms with Crippen molar-refractivity contribution in [1.82, 2.24) is 0 Å². The van der Waals surface area contributed by atoms with Crippen molar-refractivity contribution < 1.29 is 29.1 Å². The van der Waals surface area contributed by atoms with Crippen LogP contribution in [-0.4, -0.2) is 40.1 Å². The highest BCUT2D eigenvalue weighted by atomic mass is 16.3. The summed E-state index contributed by atoms with van der Waals surface area (Å²) in [5, 5.41) is 10.1. The van der Waals surface area contributed by atoms with Crippen molar-refractivity contribution in [2.45, 2.75) is 45.6 Å². The second-order valence-electron chi connectivity index (χ2n) is 6.88. The van der Waals surface area contributed by atoms with E-state index in [1.165, 1.54) is 12.1 Å². The number of Topliss-reactive ketones (excluding diaryl/α,β-unsaturated/α-hetero) is 5. The smallest absolute Gasteiger partial charge is 0.181 e. The number of fused-ring (bicyclic) bond motifs is 2. The Labute approximate surface area is 150 Å². The van der Waals surface area contributed by atoms with Crippen LogP contribution in [0, 0.1) is 11.8 Å². The number of benzene rings is 1. The van der Waals surface area contributed by atoms with Gasteiger partial charge in [-0.1, -0.05) is 20.3 Å². The lowest BCUT2D eigenvalue weighted by Gasteiger charge is -2.14. The van der Waals surface area contributed by atoms with Crippen molar-refractivity contribution in [2.24, 2.45) is 11.8 Å². The molecule has 1 aromatic carbocycles. The van der Waals surface area contributed by atoms with Gasteiger partial charge in [-0.2, -0.15) is 0 Å². The van der Waals surface area contributed by atoms with E-state index in [0.717, 1.165) is 0 Å². The molecule has 0 spiro atoms. The Balaban J connectivity index is 2.02. The molecule has 6 nitrogen and oxygen atoms in total. The van der Waals surface area contributed by atoms with Gasteiger partial charge in [-0.05, 0) is 25.0 Å². The van der Waals surface area contributed by atoms with E-state index >= 15 is 0 Å². The minimum atomic E-state index is -1.36. The molecule has 6 heteroatoms. The van der Waals surface area contributed by atoms with Gasteiger partial charge in [0.1, 0.15) is 11.8 Å². The third kappa shape index (κ3) is 2.56. The Bertz CT molecular complexity index is 795. The summed E-state index contributed by atoms with van der Waals surface area (Å²) in [4.78, 5) is 62.4. The summed E-state index contributed by atoms with van der Waals surface area (Å²) in [6, 6.07) is 2.51. The molecule has 2 aliphatic rings. The standard InChI is InChI=1S/C20H20O6/c1-3-5-13(21)15-17(23)9-7-11-12(8-10(9)18(15)24)20(26)16(19(11)25)14(22)6-4-2/h7-8,13,15-16,21H,3-6H2,1-2H3. The minimum Gasteiger partial charge on any atom is -0.392 e. The Morgan fingerprint density at radius 3 is 1.77 bits per heavy atom. The summed E-state index contributed by atoms with van der Waals surface area (Å²) >= 11 is 0. The van der Waals surface area contributed by atoms with Crippen molar-refractivity contribution in [2.75, 3.05) is 0 Å². The maximum Gasteiger partial charge on any atom is 0.181 e. The van der Waals surface area contributed by atoms with Crippen LogP contribution >= 0.6 is 0 Å². The molecule has 1 N–H and O–H groups in total. The molecular formula is C20H20O6. The molecule has 26 heavy (non-hydrogen) atoms. The van der Waals surface area contributed by atoms with Gasteiger partial charge in [0.15, 0.2) is 28.9 Å². The monoisotopic (exact) mass is 356 g/mol. The van der Waals surface area contributed by atoms with Gasteiger partial charge < -0.3 is 5.11 Å². The lowest BCUT2D eigenvalue weighted by atomic mass is 9.93. The number of rotatable bonds is 6. The highest BCUT2D eigenvalue weighted by Crippen LogP contribution is 2.37. The summed E-state index contributed by atoms with van der Waals surface area (Å²) in [5.41, 5.74) is 0.155. The molecule has 1 unspecified atom stereocenters. The van der Waals surface area contributed by atoms with E-state index in [9.17, 15) is 29.1 Å². The molecule has 3 rings (SSSR count). The zero-order valence-corrected chi connectivity index (χ0v) is 14.7. The van der Waals surface area contributed by atoms with E-state index in [0.29, 0.717) is 19.3 Å². The van der Waals surface area contributed by atoms with Crippen LogP contribution in [0.4, 0.5) is 0 Å². The number of hydrogen-bond donors (Lipinski definition) is 1. The van der Waals surface area contributed by atoms with Crippen LogP contribution in [0.2, 0.25) is 0 Å². The molecule has 1 aromatic rings. The molecule has 0 heterocycles. The lowest BCUT2D eigenvalue weighted by molar-refractivity contribution is -0.120. The number of aliphatic hydroxyl groups excluding tert-OH is 1. The summed E-state index contributed by atoms with van der Waals surface area (Å²) in [7, 11) is 0. The molecule has 1 atom stereocenters. The predicted molar refractivity (Wildman–Crippen MR) is 91.6 cm³/mol. The fourth-order valence-electron chi connectivity index (χ4n) is 3.79. The summed E-state index contributed by atoms with van der Waals surface area (Å²) in [6.45, 7) is 3.61. The van der Waals surface area contributed by atoms with Crippen LogP contribution in [-0.2, 0) is 4.79 Å². The first-order chi connectivity index (χ1) is 12.3. The van der Waals surface area contributed by atoms with Crippen LogP contribution in [0.15, 0.2) is 12.1 Å². The molecule has 0 saturated heterocycles. The largest absolute Gasteiger partial charge is 0.392 e. The zero-order valence-electron chi connectivity index (χ0n) is 14.7. The van der Waals surface area contributed by atoms with Gasteiger partial charge in [0, 0.05) is 28.7 Å². The Hall–Kier alpha value is -2.47. The maximum absolute atomic E-state index is 12.6. The number of carbonyl (C=O) groups excluding carboxylic acids is 5. The van der Waals surface area contributed by atoms with Gasteiger partial charge >= 0.3 is 0 Å². The Kier molecular flexibility index (Phi) is 4.71. The van der Waals surface area contributed by atoms with E-state index in [1.807, 2.05) is 6.92 Å². The van der Waals surface area contributed by atoms with Crippen molar-refractivity contribution in [3.05, 3.63) is 34.4 Å². The normalized spacial score (nSPS) is 18.4. The molecule has 0 bridgehead atoms. The number of carbonyl (C=O) groups is 5. The van der Waals surface area contributed by atoms with E-state index in [1.54, 1.807) is 6.92 Å². The highest BCUT2D eigenvalue weighted by Gasteiger charge is 2.48. The van der Waals surface area contributed by atoms with Gasteiger partial charge in [0.2, 0.25) is 0 Å². The Morgan fingerprint density at radius 2 is 1.35 bits per heavy atom. The van der Waals surface area contributed by atoms with Crippen molar-refractivity contribution in [1.29, 1.82) is 0 Å².